The Labute approximate surface area is 47.3 Å². The third-order valence-electron chi connectivity index (χ3n) is 0.911. The summed E-state index contributed by atoms with van der Waals surface area (Å²) in [6.07, 6.45) is 2.59. The highest BCUT2D eigenvalue weighted by molar-refractivity contribution is 5.11. The van der Waals surface area contributed by atoms with E-state index in [9.17, 15) is 0 Å². The number of aromatic nitrogens is 3. The van der Waals surface area contributed by atoms with Crippen LogP contribution in [-0.4, -0.2) is 14.8 Å². The molecule has 0 aliphatic heterocycles. The van der Waals surface area contributed by atoms with E-state index in [1.807, 2.05) is 6.92 Å². The molecule has 4 nitrogen and oxygen atoms in total. The van der Waals surface area contributed by atoms with Crippen molar-refractivity contribution in [2.45, 2.75) is 13.5 Å². The zero-order valence-corrected chi connectivity index (χ0v) is 4.63. The van der Waals surface area contributed by atoms with Crippen molar-refractivity contribution in [2.24, 2.45) is 0 Å². The van der Waals surface area contributed by atoms with Crippen LogP contribution in [0.3, 0.4) is 0 Å². The van der Waals surface area contributed by atoms with Gasteiger partial charge in [0.25, 0.3) is 0 Å². The Morgan fingerprint density at radius 3 is 2.88 bits per heavy atom. The van der Waals surface area contributed by atoms with Gasteiger partial charge >= 0.3 is 0 Å². The van der Waals surface area contributed by atoms with Crippen molar-refractivity contribution in [3.63, 3.8) is 0 Å². The average Bonchev–Trinajstić information content (AvgIpc) is 2.14. The number of hydrogen-bond donors (Lipinski definition) is 1. The maximum absolute atomic E-state index is 5.31. The number of nitrogens with two attached hydrogens (primary N) is 1. The van der Waals surface area contributed by atoms with Gasteiger partial charge in [-0.2, -0.15) is 0 Å². The minimum Gasteiger partial charge on any atom is -0.368 e. The average molecular weight is 111 g/mol. The second kappa shape index (κ2) is 1.81. The summed E-state index contributed by atoms with van der Waals surface area (Å²) in [4.78, 5) is 0. The van der Waals surface area contributed by atoms with E-state index in [2.05, 4.69) is 16.5 Å². The largest absolute Gasteiger partial charge is 0.368 e. The molecule has 0 fully saturated rings. The summed E-state index contributed by atoms with van der Waals surface area (Å²) in [5, 5.41) is 6.98. The van der Waals surface area contributed by atoms with Crippen molar-refractivity contribution < 1.29 is 0 Å². The maximum atomic E-state index is 5.31. The van der Waals surface area contributed by atoms with Crippen LogP contribution >= 0.6 is 0 Å². The quantitative estimate of drug-likeness (QED) is 0.540. The molecule has 0 bridgehead atoms. The molecule has 1 radical (unpaired) electrons. The maximum Gasteiger partial charge on any atom is 0.222 e. The molecule has 0 aliphatic rings. The van der Waals surface area contributed by atoms with Crippen molar-refractivity contribution >= 4 is 5.95 Å². The van der Waals surface area contributed by atoms with Crippen LogP contribution in [0.15, 0.2) is 0 Å². The number of hydrogen-bond acceptors (Lipinski definition) is 3. The van der Waals surface area contributed by atoms with Gasteiger partial charge < -0.3 is 5.73 Å². The summed E-state index contributed by atoms with van der Waals surface area (Å²) in [6.45, 7) is 2.73. The second-order valence-electron chi connectivity index (χ2n) is 1.40. The van der Waals surface area contributed by atoms with E-state index in [4.69, 9.17) is 5.73 Å². The van der Waals surface area contributed by atoms with Gasteiger partial charge in [-0.15, -0.1) is 10.2 Å². The molecule has 0 unspecified atom stereocenters. The summed E-state index contributed by atoms with van der Waals surface area (Å²) < 4.78 is 1.64. The summed E-state index contributed by atoms with van der Waals surface area (Å²) in [7, 11) is 0. The summed E-state index contributed by atoms with van der Waals surface area (Å²) >= 11 is 0. The molecule has 4 heteroatoms. The molecule has 0 saturated carbocycles. The first-order chi connectivity index (χ1) is 3.84. The van der Waals surface area contributed by atoms with E-state index < -0.39 is 0 Å². The van der Waals surface area contributed by atoms with Gasteiger partial charge in [0.05, 0.1) is 0 Å². The SMILES string of the molecule is CCn1[c]nnc1N. The molecule has 0 aromatic carbocycles. The highest BCUT2D eigenvalue weighted by Crippen LogP contribution is 1.91. The first kappa shape index (κ1) is 5.08. The minimum absolute atomic E-state index is 0.424. The molecule has 0 amide bonds. The lowest BCUT2D eigenvalue weighted by atomic mass is 10.7. The van der Waals surface area contributed by atoms with Gasteiger partial charge in [-0.25, -0.2) is 0 Å². The Hall–Kier alpha value is -1.06. The number of nitrogens with zero attached hydrogens (tertiary/aromatic N) is 3. The molecule has 0 saturated heterocycles. The van der Waals surface area contributed by atoms with Gasteiger partial charge in [0.15, 0.2) is 0 Å². The van der Waals surface area contributed by atoms with Crippen LogP contribution in [0.4, 0.5) is 5.95 Å². The third kappa shape index (κ3) is 0.641. The van der Waals surface area contributed by atoms with Crippen LogP contribution in [0.25, 0.3) is 0 Å². The first-order valence-corrected chi connectivity index (χ1v) is 2.41. The Balaban J connectivity index is 2.92. The Bertz CT molecular complexity index is 168. The zero-order chi connectivity index (χ0) is 5.98. The lowest BCUT2D eigenvalue weighted by Crippen LogP contribution is -1.99. The second-order valence-corrected chi connectivity index (χ2v) is 1.40. The van der Waals surface area contributed by atoms with E-state index in [0.29, 0.717) is 5.95 Å². The fourth-order valence-corrected chi connectivity index (χ4v) is 0.465. The summed E-state index contributed by atoms with van der Waals surface area (Å²) in [6, 6.07) is 0. The Morgan fingerprint density at radius 1 is 1.88 bits per heavy atom. The molecule has 1 aromatic rings. The molecule has 43 valence electrons. The number of anilines is 1. The predicted octanol–water partition coefficient (Wildman–Crippen LogP) is -0.320. The van der Waals surface area contributed by atoms with Crippen molar-refractivity contribution in [2.75, 3.05) is 5.73 Å². The van der Waals surface area contributed by atoms with Crippen LogP contribution in [0.5, 0.6) is 0 Å². The highest BCUT2D eigenvalue weighted by Gasteiger charge is 1.92. The molecule has 1 heterocycles. The molecule has 0 atom stereocenters. The number of nitrogen functional groups attached to an aromatic ring is 1. The molecule has 8 heavy (non-hydrogen) atoms. The molecule has 1 rings (SSSR count). The molecule has 1 aromatic heterocycles. The van der Waals surface area contributed by atoms with Crippen molar-refractivity contribution in [3.8, 4) is 0 Å². The molecule has 2 N–H and O–H groups in total. The van der Waals surface area contributed by atoms with Gasteiger partial charge in [-0.3, -0.25) is 4.57 Å². The number of aryl methyl sites for hydroxylation is 1. The fraction of sp³-hybridized carbons (Fsp3) is 0.500. The van der Waals surface area contributed by atoms with E-state index in [-0.39, 0.29) is 0 Å². The van der Waals surface area contributed by atoms with Crippen molar-refractivity contribution in [1.29, 1.82) is 0 Å². The van der Waals surface area contributed by atoms with E-state index >= 15 is 0 Å². The van der Waals surface area contributed by atoms with Gasteiger partial charge in [-0.05, 0) is 6.92 Å². The third-order valence-corrected chi connectivity index (χ3v) is 0.911. The van der Waals surface area contributed by atoms with Crippen LogP contribution in [0, 0.1) is 6.33 Å². The fourth-order valence-electron chi connectivity index (χ4n) is 0.465. The predicted molar refractivity (Wildman–Crippen MR) is 28.9 cm³/mol. The zero-order valence-electron chi connectivity index (χ0n) is 4.63. The Kier molecular flexibility index (Phi) is 1.15. The molecule has 0 spiro atoms. The minimum atomic E-state index is 0.424. The first-order valence-electron chi connectivity index (χ1n) is 2.41. The van der Waals surface area contributed by atoms with E-state index in [1.54, 1.807) is 4.57 Å². The van der Waals surface area contributed by atoms with Gasteiger partial charge in [0, 0.05) is 6.54 Å². The monoisotopic (exact) mass is 111 g/mol. The Morgan fingerprint density at radius 2 is 2.62 bits per heavy atom. The van der Waals surface area contributed by atoms with Crippen LogP contribution < -0.4 is 5.73 Å². The highest BCUT2D eigenvalue weighted by atomic mass is 15.3. The molecular weight excluding hydrogens is 104 g/mol. The molecular formula is C4H7N4. The summed E-state index contributed by atoms with van der Waals surface area (Å²) in [5.74, 6) is 0.424. The standard InChI is InChI=1S/C4H7N4/c1-2-8-3-6-7-4(8)5/h2H2,1H3,(H2,5,7). The normalized spacial score (nSPS) is 9.62. The van der Waals surface area contributed by atoms with Crippen molar-refractivity contribution in [1.82, 2.24) is 14.8 Å². The number of rotatable bonds is 1. The molecule has 0 aliphatic carbocycles. The smallest absolute Gasteiger partial charge is 0.222 e. The van der Waals surface area contributed by atoms with E-state index in [1.165, 1.54) is 0 Å². The van der Waals surface area contributed by atoms with Crippen LogP contribution in [0.1, 0.15) is 6.92 Å². The van der Waals surface area contributed by atoms with Crippen LogP contribution in [-0.2, 0) is 6.54 Å². The summed E-state index contributed by atoms with van der Waals surface area (Å²) in [5.41, 5.74) is 5.31. The topological polar surface area (TPSA) is 56.7 Å². The van der Waals surface area contributed by atoms with Gasteiger partial charge in [0.1, 0.15) is 0 Å². The lowest BCUT2D eigenvalue weighted by molar-refractivity contribution is 0.763. The van der Waals surface area contributed by atoms with Crippen molar-refractivity contribution in [3.05, 3.63) is 6.33 Å². The van der Waals surface area contributed by atoms with Crippen LogP contribution in [0.2, 0.25) is 0 Å². The van der Waals surface area contributed by atoms with E-state index in [0.717, 1.165) is 6.54 Å². The lowest BCUT2D eigenvalue weighted by Gasteiger charge is -1.91. The van der Waals surface area contributed by atoms with Gasteiger partial charge in [0.2, 0.25) is 12.3 Å². The van der Waals surface area contributed by atoms with Gasteiger partial charge in [-0.1, -0.05) is 0 Å².